The monoisotopic (exact) mass is 537 g/mol. The average molecular weight is 538 g/mol. The Morgan fingerprint density at radius 3 is 2.42 bits per heavy atom. The van der Waals surface area contributed by atoms with Gasteiger partial charge in [-0.3, -0.25) is 14.4 Å². The van der Waals surface area contributed by atoms with Crippen molar-refractivity contribution in [2.24, 2.45) is 5.92 Å². The summed E-state index contributed by atoms with van der Waals surface area (Å²) < 4.78 is 15.3. The summed E-state index contributed by atoms with van der Waals surface area (Å²) in [7, 11) is 0. The lowest BCUT2D eigenvalue weighted by Gasteiger charge is -2.44. The summed E-state index contributed by atoms with van der Waals surface area (Å²) in [5, 5.41) is 5.77. The Kier molecular flexibility index (Phi) is 6.63. The van der Waals surface area contributed by atoms with Crippen LogP contribution in [0.5, 0.6) is 0 Å². The van der Waals surface area contributed by atoms with Gasteiger partial charge in [0.25, 0.3) is 17.4 Å². The number of amides is 2. The van der Waals surface area contributed by atoms with Gasteiger partial charge in [0.2, 0.25) is 0 Å². The van der Waals surface area contributed by atoms with Crippen LogP contribution in [0.25, 0.3) is 0 Å². The number of anilines is 3. The van der Waals surface area contributed by atoms with Gasteiger partial charge in [-0.25, -0.2) is 9.37 Å². The van der Waals surface area contributed by atoms with Crippen molar-refractivity contribution in [1.82, 2.24) is 9.55 Å². The molecule has 2 bridgehead atoms. The highest BCUT2D eigenvalue weighted by Gasteiger charge is 2.35. The minimum Gasteiger partial charge on any atom is -0.369 e. The standard InChI is InChI=1S/C31H28FN5O3/c1-19-4-2-6-28(33-19)35-31(40)22-10-13-27(25(15-22)34-30(39)21-8-11-24(32)12-9-21)36-16-20-14-23(18-36)26-5-3-7-29(38)37(26)17-20/h2-13,15,20,23H,14,16-18H2,1H3,(H,34,39)(H,33,35,40)/t20-,23+/m1/s1. The highest BCUT2D eigenvalue weighted by molar-refractivity contribution is 6.09. The molecule has 2 aromatic carbocycles. The molecule has 2 aromatic heterocycles. The number of hydrogen-bond acceptors (Lipinski definition) is 5. The van der Waals surface area contributed by atoms with E-state index in [-0.39, 0.29) is 23.3 Å². The molecule has 1 saturated heterocycles. The molecule has 0 unspecified atom stereocenters. The lowest BCUT2D eigenvalue weighted by molar-refractivity contribution is 0.101. The number of pyridine rings is 2. The Morgan fingerprint density at radius 1 is 0.875 bits per heavy atom. The van der Waals surface area contributed by atoms with E-state index in [1.165, 1.54) is 24.3 Å². The van der Waals surface area contributed by atoms with Gasteiger partial charge in [0.15, 0.2) is 0 Å². The van der Waals surface area contributed by atoms with E-state index in [1.54, 1.807) is 30.3 Å². The molecule has 2 amide bonds. The number of piperidine rings is 1. The molecule has 0 aliphatic carbocycles. The van der Waals surface area contributed by atoms with Gasteiger partial charge in [-0.15, -0.1) is 0 Å². The third-order valence-corrected chi connectivity index (χ3v) is 7.56. The molecule has 202 valence electrons. The van der Waals surface area contributed by atoms with Gasteiger partial charge < -0.3 is 20.1 Å². The summed E-state index contributed by atoms with van der Waals surface area (Å²) in [5.74, 6) is -0.331. The molecule has 6 rings (SSSR count). The largest absolute Gasteiger partial charge is 0.369 e. The molecular formula is C31H28FN5O3. The van der Waals surface area contributed by atoms with Crippen LogP contribution >= 0.6 is 0 Å². The second-order valence-corrected chi connectivity index (χ2v) is 10.4. The molecule has 4 aromatic rings. The number of halogens is 1. The molecule has 4 heterocycles. The van der Waals surface area contributed by atoms with Crippen molar-refractivity contribution in [3.8, 4) is 0 Å². The quantitative estimate of drug-likeness (QED) is 0.381. The Hall–Kier alpha value is -4.79. The first-order valence-electron chi connectivity index (χ1n) is 13.2. The lowest BCUT2D eigenvalue weighted by atomic mass is 9.83. The topological polar surface area (TPSA) is 96.3 Å². The zero-order chi connectivity index (χ0) is 27.8. The highest BCUT2D eigenvalue weighted by atomic mass is 19.1. The number of aryl methyl sites for hydroxylation is 1. The lowest BCUT2D eigenvalue weighted by Crippen LogP contribution is -2.47. The number of hydrogen-bond donors (Lipinski definition) is 2. The number of nitrogens with zero attached hydrogens (tertiary/aromatic N) is 3. The van der Waals surface area contributed by atoms with E-state index in [1.807, 2.05) is 35.8 Å². The van der Waals surface area contributed by atoms with E-state index in [4.69, 9.17) is 0 Å². The molecule has 40 heavy (non-hydrogen) atoms. The van der Waals surface area contributed by atoms with Crippen LogP contribution in [-0.4, -0.2) is 34.5 Å². The van der Waals surface area contributed by atoms with Crippen molar-refractivity contribution in [1.29, 1.82) is 0 Å². The predicted molar refractivity (Wildman–Crippen MR) is 151 cm³/mol. The first kappa shape index (κ1) is 25.5. The van der Waals surface area contributed by atoms with Crippen LogP contribution in [-0.2, 0) is 6.54 Å². The second-order valence-electron chi connectivity index (χ2n) is 10.4. The Morgan fingerprint density at radius 2 is 1.62 bits per heavy atom. The van der Waals surface area contributed by atoms with Crippen molar-refractivity contribution in [3.05, 3.63) is 118 Å². The van der Waals surface area contributed by atoms with E-state index < -0.39 is 11.7 Å². The molecule has 0 radical (unpaired) electrons. The van der Waals surface area contributed by atoms with Gasteiger partial charge in [-0.2, -0.15) is 0 Å². The second kappa shape index (κ2) is 10.4. The Balaban J connectivity index is 1.33. The van der Waals surface area contributed by atoms with Crippen molar-refractivity contribution < 1.29 is 14.0 Å². The maximum Gasteiger partial charge on any atom is 0.256 e. The van der Waals surface area contributed by atoms with Crippen molar-refractivity contribution in [3.63, 3.8) is 0 Å². The van der Waals surface area contributed by atoms with Crippen LogP contribution in [0.3, 0.4) is 0 Å². The first-order valence-corrected chi connectivity index (χ1v) is 13.2. The SMILES string of the molecule is Cc1cccc(NC(=O)c2ccc(N3C[C@H]4C[C@@H](C3)c3cccc(=O)n3C4)c(NC(=O)c3ccc(F)cc3)c2)n1. The van der Waals surface area contributed by atoms with Crippen LogP contribution in [0.4, 0.5) is 21.6 Å². The number of rotatable bonds is 5. The van der Waals surface area contributed by atoms with Gasteiger partial charge >= 0.3 is 0 Å². The predicted octanol–water partition coefficient (Wildman–Crippen LogP) is 4.82. The van der Waals surface area contributed by atoms with Gasteiger partial charge in [0.1, 0.15) is 11.6 Å². The van der Waals surface area contributed by atoms with Crippen LogP contribution in [0.15, 0.2) is 83.7 Å². The fraction of sp³-hybridized carbons (Fsp3) is 0.226. The van der Waals surface area contributed by atoms with E-state index in [0.29, 0.717) is 42.3 Å². The first-order chi connectivity index (χ1) is 19.3. The molecular weight excluding hydrogens is 509 g/mol. The average Bonchev–Trinajstić information content (AvgIpc) is 2.94. The van der Waals surface area contributed by atoms with Crippen LogP contribution in [0, 0.1) is 18.7 Å². The summed E-state index contributed by atoms with van der Waals surface area (Å²) in [6, 6.07) is 21.3. The molecule has 2 atom stereocenters. The number of benzene rings is 2. The summed E-state index contributed by atoms with van der Waals surface area (Å²) in [6.45, 7) is 3.85. The maximum atomic E-state index is 13.5. The van der Waals surface area contributed by atoms with E-state index in [9.17, 15) is 18.8 Å². The fourth-order valence-corrected chi connectivity index (χ4v) is 5.74. The van der Waals surface area contributed by atoms with E-state index >= 15 is 0 Å². The molecule has 2 N–H and O–H groups in total. The Labute approximate surface area is 230 Å². The maximum absolute atomic E-state index is 13.5. The van der Waals surface area contributed by atoms with Gasteiger partial charge in [-0.05, 0) is 79.9 Å². The zero-order valence-corrected chi connectivity index (χ0v) is 21.9. The van der Waals surface area contributed by atoms with Crippen LogP contribution in [0.1, 0.15) is 44.4 Å². The molecule has 9 heteroatoms. The van der Waals surface area contributed by atoms with Gasteiger partial charge in [-0.1, -0.05) is 12.1 Å². The van der Waals surface area contributed by atoms with E-state index in [2.05, 4.69) is 20.5 Å². The summed E-state index contributed by atoms with van der Waals surface area (Å²) in [6.07, 6.45) is 0.987. The van der Waals surface area contributed by atoms with Crippen molar-refractivity contribution >= 4 is 29.0 Å². The van der Waals surface area contributed by atoms with Crippen LogP contribution in [0.2, 0.25) is 0 Å². The summed E-state index contributed by atoms with van der Waals surface area (Å²) >= 11 is 0. The third-order valence-electron chi connectivity index (χ3n) is 7.56. The third kappa shape index (κ3) is 5.10. The number of nitrogens with one attached hydrogen (secondary N) is 2. The highest BCUT2D eigenvalue weighted by Crippen LogP contribution is 2.39. The minimum atomic E-state index is -0.431. The fourth-order valence-electron chi connectivity index (χ4n) is 5.74. The van der Waals surface area contributed by atoms with Gasteiger partial charge in [0, 0.05) is 54.1 Å². The number of fused-ring (bicyclic) bond motifs is 4. The van der Waals surface area contributed by atoms with E-state index in [0.717, 1.165) is 23.5 Å². The number of aromatic nitrogens is 2. The normalized spacial score (nSPS) is 17.6. The summed E-state index contributed by atoms with van der Waals surface area (Å²) in [4.78, 5) is 45.3. The molecule has 2 aliphatic heterocycles. The zero-order valence-electron chi connectivity index (χ0n) is 21.9. The van der Waals surface area contributed by atoms with Crippen molar-refractivity contribution in [2.45, 2.75) is 25.8 Å². The van der Waals surface area contributed by atoms with Crippen LogP contribution < -0.4 is 21.1 Å². The molecule has 0 saturated carbocycles. The molecule has 0 spiro atoms. The summed E-state index contributed by atoms with van der Waals surface area (Å²) in [5.41, 5.74) is 3.73. The number of carbonyl (C=O) groups is 2. The molecule has 2 aliphatic rings. The Bertz CT molecular complexity index is 1670. The molecule has 1 fully saturated rings. The minimum absolute atomic E-state index is 0.0198. The number of carbonyl (C=O) groups excluding carboxylic acids is 2. The smallest absolute Gasteiger partial charge is 0.256 e. The van der Waals surface area contributed by atoms with Crippen molar-refractivity contribution in [2.75, 3.05) is 28.6 Å². The molecule has 8 nitrogen and oxygen atoms in total. The van der Waals surface area contributed by atoms with Gasteiger partial charge in [0.05, 0.1) is 11.4 Å².